The lowest BCUT2D eigenvalue weighted by atomic mass is 9.87. The van der Waals surface area contributed by atoms with Crippen molar-refractivity contribution in [2.75, 3.05) is 0 Å². The maximum absolute atomic E-state index is 11.8. The Bertz CT molecular complexity index is 948. The Morgan fingerprint density at radius 1 is 1.24 bits per heavy atom. The number of aryl methyl sites for hydroxylation is 2. The molecule has 4 rings (SSSR count). The first-order valence-electron chi connectivity index (χ1n) is 9.88. The van der Waals surface area contributed by atoms with E-state index < -0.39 is 0 Å². The third kappa shape index (κ3) is 4.79. The molecular weight excluding hydrogens is 388 g/mol. The van der Waals surface area contributed by atoms with Crippen LogP contribution < -0.4 is 5.32 Å². The van der Waals surface area contributed by atoms with Crippen LogP contribution in [0.25, 0.3) is 11.5 Å². The highest BCUT2D eigenvalue weighted by Gasteiger charge is 2.28. The summed E-state index contributed by atoms with van der Waals surface area (Å²) in [6.07, 6.45) is 5.90. The molecule has 2 amide bonds. The molecule has 1 aliphatic carbocycles. The van der Waals surface area contributed by atoms with Gasteiger partial charge in [-0.15, -0.1) is 0 Å². The number of hydrogen-bond acceptors (Lipinski definition) is 6. The number of ether oxygens (including phenoxy) is 1. The standard InChI is InChI=1S/C22H24N2O4S/c1-13-6-8-16(9-7-13)21-23-18(14(2)28-21)12-27-17-5-3-4-15(10-17)11-19-20(25)24-22(26)29-19/h6-9,11,15,17H,3-5,10,12H2,1-2H3,(H,24,25,26)/b19-11-. The van der Waals surface area contributed by atoms with Gasteiger partial charge in [0.2, 0.25) is 5.89 Å². The van der Waals surface area contributed by atoms with E-state index in [9.17, 15) is 9.59 Å². The minimum absolute atomic E-state index is 0.106. The number of carbonyl (C=O) groups excluding carboxylic acids is 2. The molecule has 2 aliphatic rings. The van der Waals surface area contributed by atoms with E-state index in [2.05, 4.69) is 10.3 Å². The molecule has 1 aromatic heterocycles. The molecule has 1 saturated carbocycles. The van der Waals surface area contributed by atoms with E-state index in [-0.39, 0.29) is 23.2 Å². The van der Waals surface area contributed by atoms with Crippen LogP contribution >= 0.6 is 11.8 Å². The van der Waals surface area contributed by atoms with Crippen molar-refractivity contribution in [3.05, 3.63) is 52.3 Å². The molecule has 6 nitrogen and oxygen atoms in total. The Hall–Kier alpha value is -2.38. The molecule has 152 valence electrons. The summed E-state index contributed by atoms with van der Waals surface area (Å²) in [5.74, 6) is 1.34. The third-order valence-corrected chi connectivity index (χ3v) is 6.17. The molecule has 2 atom stereocenters. The van der Waals surface area contributed by atoms with Gasteiger partial charge in [-0.2, -0.15) is 0 Å². The summed E-state index contributed by atoms with van der Waals surface area (Å²) in [5, 5.41) is 2.01. The molecule has 1 N–H and O–H groups in total. The van der Waals surface area contributed by atoms with E-state index in [4.69, 9.17) is 9.15 Å². The van der Waals surface area contributed by atoms with Crippen molar-refractivity contribution < 1.29 is 18.7 Å². The van der Waals surface area contributed by atoms with Gasteiger partial charge in [0.1, 0.15) is 11.5 Å². The molecule has 2 aromatic rings. The van der Waals surface area contributed by atoms with Crippen molar-refractivity contribution in [2.45, 2.75) is 52.2 Å². The largest absolute Gasteiger partial charge is 0.441 e. The van der Waals surface area contributed by atoms with Gasteiger partial charge in [-0.3, -0.25) is 14.9 Å². The fourth-order valence-corrected chi connectivity index (χ4v) is 4.46. The van der Waals surface area contributed by atoms with Crippen molar-refractivity contribution in [2.24, 2.45) is 5.92 Å². The lowest BCUT2D eigenvalue weighted by Crippen LogP contribution is -2.23. The molecule has 0 spiro atoms. The molecule has 29 heavy (non-hydrogen) atoms. The van der Waals surface area contributed by atoms with Crippen LogP contribution in [-0.4, -0.2) is 22.2 Å². The average Bonchev–Trinajstić information content (AvgIpc) is 3.22. The lowest BCUT2D eigenvalue weighted by molar-refractivity contribution is -0.115. The van der Waals surface area contributed by atoms with E-state index in [0.717, 1.165) is 54.5 Å². The summed E-state index contributed by atoms with van der Waals surface area (Å²) in [5.41, 5.74) is 2.97. The highest BCUT2D eigenvalue weighted by Crippen LogP contribution is 2.33. The van der Waals surface area contributed by atoms with E-state index >= 15 is 0 Å². The predicted octanol–water partition coefficient (Wildman–Crippen LogP) is 4.90. The Kier molecular flexibility index (Phi) is 5.87. The van der Waals surface area contributed by atoms with Crippen LogP contribution in [0.5, 0.6) is 0 Å². The smallest absolute Gasteiger partial charge is 0.290 e. The van der Waals surface area contributed by atoms with E-state index in [1.165, 1.54) is 5.56 Å². The summed E-state index contributed by atoms with van der Waals surface area (Å²) >= 11 is 0.981. The Morgan fingerprint density at radius 3 is 2.76 bits per heavy atom. The topological polar surface area (TPSA) is 81.4 Å². The van der Waals surface area contributed by atoms with Crippen LogP contribution in [0, 0.1) is 19.8 Å². The lowest BCUT2D eigenvalue weighted by Gasteiger charge is -2.27. The average molecular weight is 413 g/mol. The first kappa shape index (κ1) is 19.9. The molecule has 1 saturated heterocycles. The van der Waals surface area contributed by atoms with Crippen molar-refractivity contribution in [1.82, 2.24) is 10.3 Å². The van der Waals surface area contributed by atoms with Crippen molar-refractivity contribution in [3.63, 3.8) is 0 Å². The zero-order valence-electron chi connectivity index (χ0n) is 16.6. The predicted molar refractivity (Wildman–Crippen MR) is 111 cm³/mol. The molecule has 1 aromatic carbocycles. The number of allylic oxidation sites excluding steroid dienone is 1. The molecule has 2 fully saturated rings. The van der Waals surface area contributed by atoms with Crippen LogP contribution in [0.2, 0.25) is 0 Å². The fraction of sp³-hybridized carbons (Fsp3) is 0.409. The van der Waals surface area contributed by atoms with Gasteiger partial charge in [-0.25, -0.2) is 4.98 Å². The number of benzene rings is 1. The molecule has 1 aliphatic heterocycles. The number of amides is 2. The number of aromatic nitrogens is 1. The molecule has 2 heterocycles. The molecule has 0 radical (unpaired) electrons. The van der Waals surface area contributed by atoms with E-state index in [1.807, 2.05) is 44.2 Å². The number of rotatable bonds is 5. The minimum atomic E-state index is -0.296. The van der Waals surface area contributed by atoms with Gasteiger partial charge in [0.15, 0.2) is 0 Å². The summed E-state index contributed by atoms with van der Waals surface area (Å²) in [4.78, 5) is 28.2. The number of nitrogens with one attached hydrogen (secondary N) is 1. The zero-order valence-corrected chi connectivity index (χ0v) is 17.4. The monoisotopic (exact) mass is 412 g/mol. The Balaban J connectivity index is 1.36. The quantitative estimate of drug-likeness (QED) is 0.704. The highest BCUT2D eigenvalue weighted by molar-refractivity contribution is 8.18. The first-order valence-corrected chi connectivity index (χ1v) is 10.7. The fourth-order valence-electron chi connectivity index (χ4n) is 3.71. The Labute approximate surface area is 174 Å². The van der Waals surface area contributed by atoms with E-state index in [1.54, 1.807) is 0 Å². The van der Waals surface area contributed by atoms with Gasteiger partial charge >= 0.3 is 0 Å². The van der Waals surface area contributed by atoms with Gasteiger partial charge in [0, 0.05) is 5.56 Å². The molecular formula is C22H24N2O4S. The highest BCUT2D eigenvalue weighted by atomic mass is 32.2. The van der Waals surface area contributed by atoms with Crippen LogP contribution in [0.1, 0.15) is 42.7 Å². The SMILES string of the molecule is Cc1ccc(-c2nc(COC3CCCC(/C=C4\SC(=O)NC4=O)C3)c(C)o2)cc1. The minimum Gasteiger partial charge on any atom is -0.441 e. The van der Waals surface area contributed by atoms with Crippen molar-refractivity contribution in [3.8, 4) is 11.5 Å². The van der Waals surface area contributed by atoms with Crippen molar-refractivity contribution >= 4 is 22.9 Å². The molecule has 7 heteroatoms. The Morgan fingerprint density at radius 2 is 2.03 bits per heavy atom. The maximum Gasteiger partial charge on any atom is 0.290 e. The summed E-state index contributed by atoms with van der Waals surface area (Å²) in [7, 11) is 0. The van der Waals surface area contributed by atoms with Gasteiger partial charge in [-0.1, -0.05) is 30.2 Å². The summed E-state index contributed by atoms with van der Waals surface area (Å²) in [6, 6.07) is 8.09. The van der Waals surface area contributed by atoms with Crippen LogP contribution in [0.15, 0.2) is 39.7 Å². The number of oxazole rings is 1. The number of hydrogen-bond donors (Lipinski definition) is 1. The second-order valence-electron chi connectivity index (χ2n) is 7.62. The maximum atomic E-state index is 11.8. The summed E-state index contributed by atoms with van der Waals surface area (Å²) in [6.45, 7) is 4.36. The molecule has 2 unspecified atom stereocenters. The number of thioether (sulfide) groups is 1. The first-order chi connectivity index (χ1) is 14.0. The summed E-state index contributed by atoms with van der Waals surface area (Å²) < 4.78 is 12.0. The second kappa shape index (κ2) is 8.55. The normalized spacial score (nSPS) is 23.6. The van der Waals surface area contributed by atoms with Crippen LogP contribution in [0.4, 0.5) is 4.79 Å². The van der Waals surface area contributed by atoms with Gasteiger partial charge in [0.05, 0.1) is 17.6 Å². The van der Waals surface area contributed by atoms with Gasteiger partial charge < -0.3 is 9.15 Å². The van der Waals surface area contributed by atoms with Gasteiger partial charge in [0.25, 0.3) is 11.1 Å². The molecule has 0 bridgehead atoms. The third-order valence-electron chi connectivity index (χ3n) is 5.34. The number of carbonyl (C=O) groups is 2. The second-order valence-corrected chi connectivity index (χ2v) is 8.64. The number of nitrogens with zero attached hydrogens (tertiary/aromatic N) is 1. The number of imide groups is 1. The van der Waals surface area contributed by atoms with E-state index in [0.29, 0.717) is 17.4 Å². The zero-order chi connectivity index (χ0) is 20.4. The van der Waals surface area contributed by atoms with Crippen LogP contribution in [-0.2, 0) is 16.1 Å². The van der Waals surface area contributed by atoms with Crippen molar-refractivity contribution in [1.29, 1.82) is 0 Å². The van der Waals surface area contributed by atoms with Gasteiger partial charge in [-0.05, 0) is 62.9 Å². The van der Waals surface area contributed by atoms with Crippen LogP contribution in [0.3, 0.4) is 0 Å².